The molecule has 1 heteroatoms. The number of aromatic nitrogens is 1. The molecule has 1 aromatic heterocycles. The predicted molar refractivity (Wildman–Crippen MR) is 85.1 cm³/mol. The standard InChI is InChI=1S/C19H15N/c1-2-6-14(7-3-1)12-15-10-11-19-17(13-15)16-8-4-5-9-18(16)20-19/h1-11,13,20H,12H2. The lowest BCUT2D eigenvalue weighted by molar-refractivity contribution is 1.20. The Balaban J connectivity index is 1.83. The van der Waals surface area contributed by atoms with Crippen LogP contribution < -0.4 is 0 Å². The van der Waals surface area contributed by atoms with E-state index in [1.807, 2.05) is 0 Å². The minimum absolute atomic E-state index is 0.982. The van der Waals surface area contributed by atoms with Crippen molar-refractivity contribution in [1.29, 1.82) is 0 Å². The molecule has 0 radical (unpaired) electrons. The number of nitrogens with one attached hydrogen (secondary N) is 1. The van der Waals surface area contributed by atoms with Crippen molar-refractivity contribution in [2.24, 2.45) is 0 Å². The zero-order valence-electron chi connectivity index (χ0n) is 11.1. The van der Waals surface area contributed by atoms with Crippen LogP contribution >= 0.6 is 0 Å². The van der Waals surface area contributed by atoms with Gasteiger partial charge >= 0.3 is 0 Å². The molecule has 0 saturated carbocycles. The SMILES string of the molecule is c1ccc(Cc2ccc3[nH]c4ccccc4c3c2)cc1. The Labute approximate surface area is 117 Å². The van der Waals surface area contributed by atoms with E-state index in [0.717, 1.165) is 6.42 Å². The van der Waals surface area contributed by atoms with Crippen LogP contribution in [-0.4, -0.2) is 4.98 Å². The van der Waals surface area contributed by atoms with Gasteiger partial charge in [-0.15, -0.1) is 0 Å². The van der Waals surface area contributed by atoms with Crippen molar-refractivity contribution in [2.45, 2.75) is 6.42 Å². The number of H-pyrrole nitrogens is 1. The summed E-state index contributed by atoms with van der Waals surface area (Å²) in [6.45, 7) is 0. The van der Waals surface area contributed by atoms with Crippen LogP contribution in [0.25, 0.3) is 21.8 Å². The van der Waals surface area contributed by atoms with Crippen LogP contribution in [0.5, 0.6) is 0 Å². The molecule has 1 nitrogen and oxygen atoms in total. The van der Waals surface area contributed by atoms with Crippen LogP contribution in [0.3, 0.4) is 0 Å². The van der Waals surface area contributed by atoms with Crippen LogP contribution in [0.4, 0.5) is 0 Å². The first-order chi connectivity index (χ1) is 9.90. The van der Waals surface area contributed by atoms with Crippen molar-refractivity contribution < 1.29 is 0 Å². The Morgan fingerprint density at radius 1 is 0.600 bits per heavy atom. The second kappa shape index (κ2) is 4.53. The van der Waals surface area contributed by atoms with Gasteiger partial charge in [-0.3, -0.25) is 0 Å². The number of aromatic amines is 1. The molecule has 0 aliphatic carbocycles. The maximum Gasteiger partial charge on any atom is 0.0465 e. The van der Waals surface area contributed by atoms with Crippen LogP contribution in [0.15, 0.2) is 72.8 Å². The monoisotopic (exact) mass is 257 g/mol. The molecule has 0 aliphatic heterocycles. The summed E-state index contributed by atoms with van der Waals surface area (Å²) in [7, 11) is 0. The normalized spacial score (nSPS) is 11.2. The van der Waals surface area contributed by atoms with E-state index in [2.05, 4.69) is 77.8 Å². The van der Waals surface area contributed by atoms with E-state index in [1.165, 1.54) is 32.9 Å². The Morgan fingerprint density at radius 2 is 1.35 bits per heavy atom. The van der Waals surface area contributed by atoms with Gasteiger partial charge in [0.15, 0.2) is 0 Å². The third-order valence-corrected chi connectivity index (χ3v) is 3.82. The zero-order chi connectivity index (χ0) is 13.4. The van der Waals surface area contributed by atoms with Crippen molar-refractivity contribution in [3.8, 4) is 0 Å². The molecule has 0 fully saturated rings. The molecule has 0 bridgehead atoms. The molecule has 0 unspecified atom stereocenters. The number of benzene rings is 3. The molecule has 20 heavy (non-hydrogen) atoms. The fourth-order valence-corrected chi connectivity index (χ4v) is 2.84. The summed E-state index contributed by atoms with van der Waals surface area (Å²) in [5.74, 6) is 0. The Kier molecular flexibility index (Phi) is 2.56. The number of para-hydroxylation sites is 1. The van der Waals surface area contributed by atoms with E-state index in [-0.39, 0.29) is 0 Å². The lowest BCUT2D eigenvalue weighted by Crippen LogP contribution is -1.87. The van der Waals surface area contributed by atoms with Crippen molar-refractivity contribution in [3.63, 3.8) is 0 Å². The van der Waals surface area contributed by atoms with Gasteiger partial charge in [0.05, 0.1) is 0 Å². The summed E-state index contributed by atoms with van der Waals surface area (Å²) in [5, 5.41) is 2.62. The topological polar surface area (TPSA) is 15.8 Å². The maximum atomic E-state index is 3.47. The Morgan fingerprint density at radius 3 is 2.25 bits per heavy atom. The number of rotatable bonds is 2. The van der Waals surface area contributed by atoms with E-state index in [0.29, 0.717) is 0 Å². The highest BCUT2D eigenvalue weighted by molar-refractivity contribution is 6.07. The average molecular weight is 257 g/mol. The van der Waals surface area contributed by atoms with Gasteiger partial charge in [-0.05, 0) is 35.7 Å². The average Bonchev–Trinajstić information content (AvgIpc) is 2.86. The number of fused-ring (bicyclic) bond motifs is 3. The minimum Gasteiger partial charge on any atom is -0.355 e. The van der Waals surface area contributed by atoms with Crippen molar-refractivity contribution >= 4 is 21.8 Å². The molecule has 0 amide bonds. The molecule has 0 spiro atoms. The molecular formula is C19H15N. The molecule has 1 heterocycles. The molecular weight excluding hydrogens is 242 g/mol. The number of hydrogen-bond donors (Lipinski definition) is 1. The van der Waals surface area contributed by atoms with Gasteiger partial charge in [0.2, 0.25) is 0 Å². The quantitative estimate of drug-likeness (QED) is 0.525. The second-order valence-electron chi connectivity index (χ2n) is 5.21. The summed E-state index contributed by atoms with van der Waals surface area (Å²) in [4.78, 5) is 3.47. The van der Waals surface area contributed by atoms with Crippen LogP contribution in [-0.2, 0) is 6.42 Å². The van der Waals surface area contributed by atoms with Gasteiger partial charge in [-0.2, -0.15) is 0 Å². The van der Waals surface area contributed by atoms with Crippen LogP contribution in [0, 0.1) is 0 Å². The highest BCUT2D eigenvalue weighted by atomic mass is 14.7. The van der Waals surface area contributed by atoms with Crippen LogP contribution in [0.1, 0.15) is 11.1 Å². The molecule has 1 N–H and O–H groups in total. The highest BCUT2D eigenvalue weighted by Crippen LogP contribution is 2.26. The fourth-order valence-electron chi connectivity index (χ4n) is 2.84. The predicted octanol–water partition coefficient (Wildman–Crippen LogP) is 4.91. The first-order valence-electron chi connectivity index (χ1n) is 6.93. The van der Waals surface area contributed by atoms with E-state index in [1.54, 1.807) is 0 Å². The third kappa shape index (κ3) is 1.88. The van der Waals surface area contributed by atoms with Crippen molar-refractivity contribution in [2.75, 3.05) is 0 Å². The molecule has 4 rings (SSSR count). The molecule has 3 aromatic carbocycles. The largest absolute Gasteiger partial charge is 0.355 e. The fraction of sp³-hybridized carbons (Fsp3) is 0.0526. The maximum absolute atomic E-state index is 3.47. The Hall–Kier alpha value is -2.54. The highest BCUT2D eigenvalue weighted by Gasteiger charge is 2.04. The summed E-state index contributed by atoms with van der Waals surface area (Å²) in [5.41, 5.74) is 5.13. The van der Waals surface area contributed by atoms with Gasteiger partial charge < -0.3 is 4.98 Å². The molecule has 4 aromatic rings. The van der Waals surface area contributed by atoms with Crippen molar-refractivity contribution in [3.05, 3.63) is 83.9 Å². The first kappa shape index (κ1) is 11.3. The van der Waals surface area contributed by atoms with Gasteiger partial charge in [0, 0.05) is 21.8 Å². The lowest BCUT2D eigenvalue weighted by atomic mass is 10.0. The summed E-state index contributed by atoms with van der Waals surface area (Å²) >= 11 is 0. The molecule has 0 atom stereocenters. The van der Waals surface area contributed by atoms with Gasteiger partial charge in [0.25, 0.3) is 0 Å². The van der Waals surface area contributed by atoms with Gasteiger partial charge in [0.1, 0.15) is 0 Å². The minimum atomic E-state index is 0.982. The van der Waals surface area contributed by atoms with E-state index >= 15 is 0 Å². The summed E-state index contributed by atoms with van der Waals surface area (Å²) < 4.78 is 0. The third-order valence-electron chi connectivity index (χ3n) is 3.82. The van der Waals surface area contributed by atoms with Crippen LogP contribution in [0.2, 0.25) is 0 Å². The van der Waals surface area contributed by atoms with E-state index in [4.69, 9.17) is 0 Å². The van der Waals surface area contributed by atoms with E-state index < -0.39 is 0 Å². The Bertz CT molecular complexity index is 872. The lowest BCUT2D eigenvalue weighted by Gasteiger charge is -2.02. The molecule has 96 valence electrons. The second-order valence-corrected chi connectivity index (χ2v) is 5.21. The number of hydrogen-bond acceptors (Lipinski definition) is 0. The van der Waals surface area contributed by atoms with Gasteiger partial charge in [-0.1, -0.05) is 54.6 Å². The molecule has 0 aliphatic rings. The smallest absolute Gasteiger partial charge is 0.0465 e. The van der Waals surface area contributed by atoms with E-state index in [9.17, 15) is 0 Å². The summed E-state index contributed by atoms with van der Waals surface area (Å²) in [6.07, 6.45) is 0.982. The summed E-state index contributed by atoms with van der Waals surface area (Å²) in [6, 6.07) is 25.8. The first-order valence-corrected chi connectivity index (χ1v) is 6.93. The molecule has 0 saturated heterocycles. The zero-order valence-corrected chi connectivity index (χ0v) is 11.1. The van der Waals surface area contributed by atoms with Crippen molar-refractivity contribution in [1.82, 2.24) is 4.98 Å². The van der Waals surface area contributed by atoms with Gasteiger partial charge in [-0.25, -0.2) is 0 Å².